The van der Waals surface area contributed by atoms with Crippen LogP contribution in [0.15, 0.2) is 49.1 Å². The Balaban J connectivity index is 1.85. The van der Waals surface area contributed by atoms with Gasteiger partial charge in [0.25, 0.3) is 0 Å². The van der Waals surface area contributed by atoms with Crippen molar-refractivity contribution in [1.82, 2.24) is 10.2 Å². The third-order valence-electron chi connectivity index (χ3n) is 3.88. The first-order valence-electron chi connectivity index (χ1n) is 8.36. The maximum absolute atomic E-state index is 12.7. The summed E-state index contributed by atoms with van der Waals surface area (Å²) in [6, 6.07) is 12.4. The fourth-order valence-electron chi connectivity index (χ4n) is 2.53. The van der Waals surface area contributed by atoms with E-state index in [1.807, 2.05) is 18.2 Å². The van der Waals surface area contributed by atoms with E-state index in [0.717, 1.165) is 49.1 Å². The van der Waals surface area contributed by atoms with Gasteiger partial charge in [-0.2, -0.15) is 10.2 Å². The van der Waals surface area contributed by atoms with Gasteiger partial charge >= 0.3 is 0 Å². The van der Waals surface area contributed by atoms with Gasteiger partial charge in [-0.25, -0.2) is 4.39 Å². The lowest BCUT2D eigenvalue weighted by molar-refractivity contribution is 0.330. The number of hydrogen-bond donors (Lipinski definition) is 0. The van der Waals surface area contributed by atoms with Crippen LogP contribution in [0.5, 0.6) is 0 Å². The van der Waals surface area contributed by atoms with Crippen molar-refractivity contribution in [1.29, 1.82) is 0 Å². The Kier molecular flexibility index (Phi) is 6.92. The monoisotopic (exact) mass is 312 g/mol. The number of hydrogen-bond acceptors (Lipinski definition) is 2. The van der Waals surface area contributed by atoms with Crippen molar-refractivity contribution in [2.75, 3.05) is 0 Å². The number of alkyl halides is 1. The zero-order valence-electron chi connectivity index (χ0n) is 13.8. The van der Waals surface area contributed by atoms with Crippen LogP contribution < -0.4 is 0 Å². The molecule has 0 N–H and O–H groups in total. The minimum Gasteiger partial charge on any atom is -0.248 e. The number of allylic oxidation sites excluding steroid dienone is 1. The number of rotatable bonds is 9. The topological polar surface area (TPSA) is 25.8 Å². The molecular formula is C20H25FN2. The van der Waals surface area contributed by atoms with Crippen molar-refractivity contribution < 1.29 is 4.39 Å². The molecule has 0 fully saturated rings. The molecule has 0 radical (unpaired) electrons. The largest absolute Gasteiger partial charge is 0.248 e. The fourth-order valence-corrected chi connectivity index (χ4v) is 2.53. The summed E-state index contributed by atoms with van der Waals surface area (Å²) in [7, 11) is 0. The highest BCUT2D eigenvalue weighted by Gasteiger charge is 2.03. The number of unbranched alkanes of at least 4 members (excludes halogenated alkanes) is 2. The van der Waals surface area contributed by atoms with E-state index in [2.05, 4.69) is 41.0 Å². The lowest BCUT2D eigenvalue weighted by Gasteiger charge is -2.04. The molecule has 0 saturated carbocycles. The molecule has 1 atom stereocenters. The van der Waals surface area contributed by atoms with Gasteiger partial charge in [-0.3, -0.25) is 0 Å². The molecule has 1 heterocycles. The lowest BCUT2D eigenvalue weighted by Crippen LogP contribution is -1.96. The number of aryl methyl sites for hydroxylation is 1. The van der Waals surface area contributed by atoms with Gasteiger partial charge in [0.2, 0.25) is 0 Å². The summed E-state index contributed by atoms with van der Waals surface area (Å²) in [5, 5.41) is 8.63. The minimum atomic E-state index is -0.688. The van der Waals surface area contributed by atoms with E-state index in [1.54, 1.807) is 6.92 Å². The number of aromatic nitrogens is 2. The van der Waals surface area contributed by atoms with Gasteiger partial charge in [-0.15, -0.1) is 6.58 Å². The second-order valence-corrected chi connectivity index (χ2v) is 5.98. The first-order chi connectivity index (χ1) is 11.2. The highest BCUT2D eigenvalue weighted by atomic mass is 19.1. The standard InChI is InChI=1S/C20H25FN2/c1-3-7-17-10-12-18(13-11-17)20-15-14-19(22-23-20)9-6-4-5-8-16(2)21/h3,10-16H,1,4-9H2,2H3. The van der Waals surface area contributed by atoms with E-state index >= 15 is 0 Å². The van der Waals surface area contributed by atoms with Crippen LogP contribution in [-0.2, 0) is 12.8 Å². The molecule has 0 amide bonds. The smallest absolute Gasteiger partial charge is 0.0973 e. The Morgan fingerprint density at radius 1 is 1.04 bits per heavy atom. The van der Waals surface area contributed by atoms with E-state index in [0.29, 0.717) is 6.42 Å². The Morgan fingerprint density at radius 2 is 1.83 bits per heavy atom. The van der Waals surface area contributed by atoms with E-state index in [4.69, 9.17) is 0 Å². The average Bonchev–Trinajstić information content (AvgIpc) is 2.56. The zero-order chi connectivity index (χ0) is 16.5. The Hall–Kier alpha value is -2.03. The van der Waals surface area contributed by atoms with Gasteiger partial charge < -0.3 is 0 Å². The molecule has 1 aromatic heterocycles. The molecule has 2 aromatic rings. The van der Waals surface area contributed by atoms with Gasteiger partial charge in [0.05, 0.1) is 17.6 Å². The van der Waals surface area contributed by atoms with Crippen LogP contribution in [0, 0.1) is 0 Å². The molecule has 1 unspecified atom stereocenters. The summed E-state index contributed by atoms with van der Waals surface area (Å²) < 4.78 is 12.7. The van der Waals surface area contributed by atoms with Crippen molar-refractivity contribution in [2.24, 2.45) is 0 Å². The molecule has 0 saturated heterocycles. The third-order valence-corrected chi connectivity index (χ3v) is 3.88. The van der Waals surface area contributed by atoms with Crippen LogP contribution >= 0.6 is 0 Å². The molecular weight excluding hydrogens is 287 g/mol. The maximum Gasteiger partial charge on any atom is 0.0973 e. The average molecular weight is 312 g/mol. The van der Waals surface area contributed by atoms with Crippen LogP contribution in [0.25, 0.3) is 11.3 Å². The normalized spacial score (nSPS) is 12.1. The summed E-state index contributed by atoms with van der Waals surface area (Å²) in [5.41, 5.74) is 4.22. The minimum absolute atomic E-state index is 0.659. The van der Waals surface area contributed by atoms with Gasteiger partial charge in [-0.05, 0) is 50.3 Å². The molecule has 2 nitrogen and oxygen atoms in total. The second-order valence-electron chi connectivity index (χ2n) is 5.98. The van der Waals surface area contributed by atoms with Crippen LogP contribution in [0.4, 0.5) is 4.39 Å². The molecule has 0 bridgehead atoms. The molecule has 3 heteroatoms. The van der Waals surface area contributed by atoms with E-state index < -0.39 is 6.17 Å². The van der Waals surface area contributed by atoms with E-state index in [9.17, 15) is 4.39 Å². The molecule has 0 spiro atoms. The number of nitrogens with zero attached hydrogens (tertiary/aromatic N) is 2. The molecule has 0 aliphatic rings. The number of halogens is 1. The van der Waals surface area contributed by atoms with Gasteiger partial charge in [0.1, 0.15) is 0 Å². The summed E-state index contributed by atoms with van der Waals surface area (Å²) >= 11 is 0. The summed E-state index contributed by atoms with van der Waals surface area (Å²) in [6.07, 6.45) is 6.69. The van der Waals surface area contributed by atoms with Crippen LogP contribution in [0.3, 0.4) is 0 Å². The molecule has 23 heavy (non-hydrogen) atoms. The number of benzene rings is 1. The van der Waals surface area contributed by atoms with Crippen molar-refractivity contribution in [3.63, 3.8) is 0 Å². The zero-order valence-corrected chi connectivity index (χ0v) is 13.8. The molecule has 0 aliphatic carbocycles. The van der Waals surface area contributed by atoms with Crippen LogP contribution in [0.1, 0.15) is 43.9 Å². The maximum atomic E-state index is 12.7. The molecule has 122 valence electrons. The molecule has 0 aliphatic heterocycles. The first-order valence-corrected chi connectivity index (χ1v) is 8.36. The first kappa shape index (κ1) is 17.3. The summed E-state index contributed by atoms with van der Waals surface area (Å²) in [6.45, 7) is 5.37. The van der Waals surface area contributed by atoms with Crippen molar-refractivity contribution in [3.05, 3.63) is 60.3 Å². The van der Waals surface area contributed by atoms with Gasteiger partial charge in [0.15, 0.2) is 0 Å². The fraction of sp³-hybridized carbons (Fsp3) is 0.400. The summed E-state index contributed by atoms with van der Waals surface area (Å²) in [5.74, 6) is 0. The molecule has 2 rings (SSSR count). The predicted molar refractivity (Wildman–Crippen MR) is 94.1 cm³/mol. The summed E-state index contributed by atoms with van der Waals surface area (Å²) in [4.78, 5) is 0. The van der Waals surface area contributed by atoms with Crippen LogP contribution in [0.2, 0.25) is 0 Å². The van der Waals surface area contributed by atoms with E-state index in [1.165, 1.54) is 5.56 Å². The highest BCUT2D eigenvalue weighted by molar-refractivity contribution is 5.58. The van der Waals surface area contributed by atoms with E-state index in [-0.39, 0.29) is 0 Å². The van der Waals surface area contributed by atoms with Gasteiger partial charge in [0, 0.05) is 5.56 Å². The lowest BCUT2D eigenvalue weighted by atomic mass is 10.1. The Bertz CT molecular complexity index is 588. The predicted octanol–water partition coefficient (Wildman–Crippen LogP) is 5.33. The quantitative estimate of drug-likeness (QED) is 0.462. The van der Waals surface area contributed by atoms with Crippen molar-refractivity contribution in [2.45, 2.75) is 51.6 Å². The Labute approximate surface area is 138 Å². The van der Waals surface area contributed by atoms with Crippen molar-refractivity contribution in [3.8, 4) is 11.3 Å². The molecule has 1 aromatic carbocycles. The third kappa shape index (κ3) is 5.93. The van der Waals surface area contributed by atoms with Gasteiger partial charge in [-0.1, -0.05) is 43.2 Å². The van der Waals surface area contributed by atoms with Crippen molar-refractivity contribution >= 4 is 0 Å². The highest BCUT2D eigenvalue weighted by Crippen LogP contribution is 2.18. The van der Waals surface area contributed by atoms with Crippen LogP contribution in [-0.4, -0.2) is 16.4 Å². The SMILES string of the molecule is C=CCc1ccc(-c2ccc(CCCCCC(C)F)nn2)cc1. The Morgan fingerprint density at radius 3 is 2.43 bits per heavy atom. The second kappa shape index (κ2) is 9.19.